The molecule has 3 aromatic rings. The van der Waals surface area contributed by atoms with Crippen molar-refractivity contribution in [1.82, 2.24) is 10.3 Å². The minimum absolute atomic E-state index is 0.0806. The van der Waals surface area contributed by atoms with Gasteiger partial charge >= 0.3 is 0 Å². The highest BCUT2D eigenvalue weighted by Gasteiger charge is 2.09. The van der Waals surface area contributed by atoms with E-state index in [0.29, 0.717) is 12.1 Å². The predicted molar refractivity (Wildman–Crippen MR) is 91.6 cm³/mol. The molecular weight excluding hydrogens is 294 g/mol. The molecule has 112 valence electrons. The molecule has 0 aliphatic heterocycles. The fraction of sp³-hybridized carbons (Fsp3) is 0.176. The van der Waals surface area contributed by atoms with Gasteiger partial charge in [0.05, 0.1) is 16.8 Å². The van der Waals surface area contributed by atoms with Gasteiger partial charge in [0.2, 0.25) is 0 Å². The first-order valence-electron chi connectivity index (χ1n) is 7.03. The van der Waals surface area contributed by atoms with E-state index in [9.17, 15) is 4.79 Å². The van der Waals surface area contributed by atoms with Crippen molar-refractivity contribution in [2.75, 3.05) is 19.0 Å². The van der Waals surface area contributed by atoms with Crippen LogP contribution in [0.5, 0.6) is 0 Å². The van der Waals surface area contributed by atoms with E-state index in [1.54, 1.807) is 11.3 Å². The van der Waals surface area contributed by atoms with E-state index >= 15 is 0 Å². The second kappa shape index (κ2) is 6.15. The van der Waals surface area contributed by atoms with Crippen molar-refractivity contribution >= 4 is 33.1 Å². The lowest BCUT2D eigenvalue weighted by Gasteiger charge is -2.13. The number of nitrogens with zero attached hydrogens (tertiary/aromatic N) is 2. The Labute approximate surface area is 133 Å². The highest BCUT2D eigenvalue weighted by Crippen LogP contribution is 2.21. The summed E-state index contributed by atoms with van der Waals surface area (Å²) in [5, 5.41) is 3.85. The maximum absolute atomic E-state index is 12.3. The Morgan fingerprint density at radius 1 is 1.18 bits per heavy atom. The zero-order valence-corrected chi connectivity index (χ0v) is 13.4. The van der Waals surface area contributed by atoms with Crippen LogP contribution in [0.3, 0.4) is 0 Å². The van der Waals surface area contributed by atoms with Crippen molar-refractivity contribution in [3.8, 4) is 0 Å². The lowest BCUT2D eigenvalue weighted by molar-refractivity contribution is 0.0951. The molecule has 0 aliphatic carbocycles. The molecule has 4 nitrogen and oxygen atoms in total. The molecule has 1 aromatic heterocycles. The zero-order valence-electron chi connectivity index (χ0n) is 12.5. The smallest absolute Gasteiger partial charge is 0.251 e. The molecule has 0 radical (unpaired) electrons. The number of amides is 1. The van der Waals surface area contributed by atoms with Gasteiger partial charge in [-0.1, -0.05) is 18.2 Å². The summed E-state index contributed by atoms with van der Waals surface area (Å²) in [6.45, 7) is 0.449. The van der Waals surface area contributed by atoms with Crippen molar-refractivity contribution in [2.45, 2.75) is 6.54 Å². The number of para-hydroxylation sites is 1. The predicted octanol–water partition coefficient (Wildman–Crippen LogP) is 3.29. The van der Waals surface area contributed by atoms with E-state index < -0.39 is 0 Å². The fourth-order valence-electron chi connectivity index (χ4n) is 2.18. The minimum Gasteiger partial charge on any atom is -0.378 e. The van der Waals surface area contributed by atoms with E-state index in [-0.39, 0.29) is 5.91 Å². The third kappa shape index (κ3) is 3.09. The first kappa shape index (κ1) is 14.5. The van der Waals surface area contributed by atoms with Crippen molar-refractivity contribution in [2.24, 2.45) is 0 Å². The van der Waals surface area contributed by atoms with Gasteiger partial charge in [-0.2, -0.15) is 0 Å². The zero-order chi connectivity index (χ0) is 15.5. The Morgan fingerprint density at radius 2 is 2.00 bits per heavy atom. The quantitative estimate of drug-likeness (QED) is 0.804. The summed E-state index contributed by atoms with van der Waals surface area (Å²) in [4.78, 5) is 18.8. The molecule has 0 spiro atoms. The topological polar surface area (TPSA) is 45.2 Å². The van der Waals surface area contributed by atoms with E-state index in [1.807, 2.05) is 67.5 Å². The van der Waals surface area contributed by atoms with E-state index in [2.05, 4.69) is 10.3 Å². The van der Waals surface area contributed by atoms with Gasteiger partial charge in [0.15, 0.2) is 0 Å². The van der Waals surface area contributed by atoms with Crippen LogP contribution in [0.25, 0.3) is 10.2 Å². The molecule has 0 bridgehead atoms. The summed E-state index contributed by atoms with van der Waals surface area (Å²) in [6.07, 6.45) is 0. The summed E-state index contributed by atoms with van der Waals surface area (Å²) < 4.78 is 1.14. The Bertz CT molecular complexity index is 777. The molecule has 0 fully saturated rings. The van der Waals surface area contributed by atoms with Crippen LogP contribution in [0.15, 0.2) is 48.5 Å². The van der Waals surface area contributed by atoms with Gasteiger partial charge in [-0.3, -0.25) is 4.79 Å². The second-order valence-electron chi connectivity index (χ2n) is 5.20. The van der Waals surface area contributed by atoms with Crippen molar-refractivity contribution in [3.05, 3.63) is 59.1 Å². The standard InChI is InChI=1S/C17H17N3OS/c1-20(2)13-7-5-6-12(10-13)17(21)18-11-16-19-14-8-3-4-9-15(14)22-16/h3-10H,11H2,1-2H3,(H,18,21). The first-order chi connectivity index (χ1) is 10.6. The molecule has 0 saturated heterocycles. The van der Waals surface area contributed by atoms with Gasteiger partial charge in [-0.15, -0.1) is 11.3 Å². The number of carbonyl (C=O) groups excluding carboxylic acids is 1. The molecule has 0 atom stereocenters. The van der Waals surface area contributed by atoms with Crippen LogP contribution in [0.4, 0.5) is 5.69 Å². The third-order valence-corrected chi connectivity index (χ3v) is 4.40. The van der Waals surface area contributed by atoms with Crippen LogP contribution in [-0.4, -0.2) is 25.0 Å². The molecule has 22 heavy (non-hydrogen) atoms. The number of rotatable bonds is 4. The minimum atomic E-state index is -0.0806. The van der Waals surface area contributed by atoms with Crippen LogP contribution in [0, 0.1) is 0 Å². The maximum atomic E-state index is 12.3. The normalized spacial score (nSPS) is 10.6. The first-order valence-corrected chi connectivity index (χ1v) is 7.85. The lowest BCUT2D eigenvalue weighted by Crippen LogP contribution is -2.23. The molecular formula is C17H17N3OS. The summed E-state index contributed by atoms with van der Waals surface area (Å²) in [5.41, 5.74) is 2.64. The van der Waals surface area contributed by atoms with Crippen LogP contribution in [-0.2, 0) is 6.54 Å². The van der Waals surface area contributed by atoms with Crippen LogP contribution >= 0.6 is 11.3 Å². The molecule has 0 unspecified atom stereocenters. The molecule has 5 heteroatoms. The molecule has 3 rings (SSSR count). The van der Waals surface area contributed by atoms with Gasteiger partial charge in [0.1, 0.15) is 5.01 Å². The average Bonchev–Trinajstić information content (AvgIpc) is 2.95. The van der Waals surface area contributed by atoms with E-state index in [0.717, 1.165) is 20.9 Å². The summed E-state index contributed by atoms with van der Waals surface area (Å²) >= 11 is 1.61. The number of benzene rings is 2. The number of thiazole rings is 1. The molecule has 1 heterocycles. The summed E-state index contributed by atoms with van der Waals surface area (Å²) in [7, 11) is 3.91. The Balaban J connectivity index is 1.70. The van der Waals surface area contributed by atoms with Crippen molar-refractivity contribution in [3.63, 3.8) is 0 Å². The molecule has 2 aromatic carbocycles. The number of aromatic nitrogens is 1. The number of hydrogen-bond acceptors (Lipinski definition) is 4. The Morgan fingerprint density at radius 3 is 2.77 bits per heavy atom. The second-order valence-corrected chi connectivity index (χ2v) is 6.32. The summed E-state index contributed by atoms with van der Waals surface area (Å²) in [5.74, 6) is -0.0806. The SMILES string of the molecule is CN(C)c1cccc(C(=O)NCc2nc3ccccc3s2)c1. The van der Waals surface area contributed by atoms with Gasteiger partial charge in [-0.05, 0) is 30.3 Å². The van der Waals surface area contributed by atoms with Gasteiger partial charge in [0.25, 0.3) is 5.91 Å². The molecule has 0 aliphatic rings. The van der Waals surface area contributed by atoms with Gasteiger partial charge in [0, 0.05) is 25.3 Å². The number of hydrogen-bond donors (Lipinski definition) is 1. The summed E-state index contributed by atoms with van der Waals surface area (Å²) in [6, 6.07) is 15.6. The fourth-order valence-corrected chi connectivity index (χ4v) is 3.09. The highest BCUT2D eigenvalue weighted by atomic mass is 32.1. The number of fused-ring (bicyclic) bond motifs is 1. The largest absolute Gasteiger partial charge is 0.378 e. The average molecular weight is 311 g/mol. The van der Waals surface area contributed by atoms with Crippen LogP contribution < -0.4 is 10.2 Å². The Hall–Kier alpha value is -2.40. The van der Waals surface area contributed by atoms with E-state index in [4.69, 9.17) is 0 Å². The Kier molecular flexibility index (Phi) is 4.06. The lowest BCUT2D eigenvalue weighted by atomic mass is 10.2. The number of carbonyl (C=O) groups is 1. The molecule has 1 N–H and O–H groups in total. The van der Waals surface area contributed by atoms with Crippen molar-refractivity contribution in [1.29, 1.82) is 0 Å². The molecule has 1 amide bonds. The van der Waals surface area contributed by atoms with Crippen LogP contribution in [0.1, 0.15) is 15.4 Å². The van der Waals surface area contributed by atoms with E-state index in [1.165, 1.54) is 0 Å². The third-order valence-electron chi connectivity index (χ3n) is 3.36. The highest BCUT2D eigenvalue weighted by molar-refractivity contribution is 7.18. The maximum Gasteiger partial charge on any atom is 0.251 e. The monoisotopic (exact) mass is 311 g/mol. The number of anilines is 1. The molecule has 0 saturated carbocycles. The van der Waals surface area contributed by atoms with Crippen molar-refractivity contribution < 1.29 is 4.79 Å². The van der Waals surface area contributed by atoms with Gasteiger partial charge in [-0.25, -0.2) is 4.98 Å². The number of nitrogens with one attached hydrogen (secondary N) is 1. The van der Waals surface area contributed by atoms with Gasteiger partial charge < -0.3 is 10.2 Å². The van der Waals surface area contributed by atoms with Crippen LogP contribution in [0.2, 0.25) is 0 Å².